The van der Waals surface area contributed by atoms with Crippen LogP contribution in [0, 0.1) is 0 Å². The summed E-state index contributed by atoms with van der Waals surface area (Å²) in [6.45, 7) is 2.49. The minimum absolute atomic E-state index is 0.0766. The number of amides is 1. The topological polar surface area (TPSA) is 92.5 Å². The highest BCUT2D eigenvalue weighted by atomic mass is 32.2. The lowest BCUT2D eigenvalue weighted by Gasteiger charge is -2.21. The highest BCUT2D eigenvalue weighted by Gasteiger charge is 2.17. The van der Waals surface area contributed by atoms with Gasteiger partial charge in [-0.05, 0) is 19.1 Å². The van der Waals surface area contributed by atoms with Gasteiger partial charge in [-0.25, -0.2) is 8.42 Å². The standard InChI is InChI=1S/C12H19N3O3S/c1-4-14-11(16)8-15(2)9-6-5-7-10(12(9)13)19(3,17)18/h5-7H,4,8,13H2,1-3H3,(H,14,16). The third kappa shape index (κ3) is 3.85. The summed E-state index contributed by atoms with van der Waals surface area (Å²) in [7, 11) is -1.69. The Bertz CT molecular complexity index is 570. The van der Waals surface area contributed by atoms with Crippen LogP contribution in [0.3, 0.4) is 0 Å². The van der Waals surface area contributed by atoms with Crippen LogP contribution in [0.5, 0.6) is 0 Å². The predicted octanol–water partition coefficient (Wildman–Crippen LogP) is 0.245. The number of carbonyl (C=O) groups excluding carboxylic acids is 1. The van der Waals surface area contributed by atoms with Gasteiger partial charge in [-0.2, -0.15) is 0 Å². The van der Waals surface area contributed by atoms with Crippen LogP contribution in [-0.4, -0.2) is 40.7 Å². The smallest absolute Gasteiger partial charge is 0.239 e. The Morgan fingerprint density at radius 3 is 2.58 bits per heavy atom. The first-order chi connectivity index (χ1) is 8.77. The molecule has 0 spiro atoms. The molecular formula is C12H19N3O3S. The van der Waals surface area contributed by atoms with Gasteiger partial charge >= 0.3 is 0 Å². The monoisotopic (exact) mass is 285 g/mol. The molecule has 106 valence electrons. The fourth-order valence-electron chi connectivity index (χ4n) is 1.74. The number of likely N-dealkylation sites (N-methyl/N-ethyl adjacent to an activating group) is 2. The summed E-state index contributed by atoms with van der Waals surface area (Å²) in [6, 6.07) is 4.74. The maximum absolute atomic E-state index is 11.6. The Hall–Kier alpha value is -1.76. The first kappa shape index (κ1) is 15.3. The molecule has 7 heteroatoms. The molecule has 0 aliphatic rings. The molecule has 6 nitrogen and oxygen atoms in total. The summed E-state index contributed by atoms with van der Waals surface area (Å²) >= 11 is 0. The van der Waals surface area contributed by atoms with Gasteiger partial charge in [0.15, 0.2) is 9.84 Å². The molecule has 3 N–H and O–H groups in total. The summed E-state index contributed by atoms with van der Waals surface area (Å²) in [6.07, 6.45) is 1.10. The zero-order chi connectivity index (χ0) is 14.6. The van der Waals surface area contributed by atoms with E-state index in [1.165, 1.54) is 6.07 Å². The van der Waals surface area contributed by atoms with Gasteiger partial charge in [0.05, 0.1) is 22.8 Å². The van der Waals surface area contributed by atoms with Gasteiger partial charge in [-0.1, -0.05) is 6.07 Å². The van der Waals surface area contributed by atoms with Crippen molar-refractivity contribution in [1.29, 1.82) is 0 Å². The fraction of sp³-hybridized carbons (Fsp3) is 0.417. The summed E-state index contributed by atoms with van der Waals surface area (Å²) in [4.78, 5) is 13.2. The van der Waals surface area contributed by atoms with Crippen LogP contribution in [-0.2, 0) is 14.6 Å². The van der Waals surface area contributed by atoms with Gasteiger partial charge in [0, 0.05) is 19.8 Å². The third-order valence-corrected chi connectivity index (χ3v) is 3.76. The fourth-order valence-corrected chi connectivity index (χ4v) is 2.57. The molecule has 0 unspecified atom stereocenters. The lowest BCUT2D eigenvalue weighted by Crippen LogP contribution is -2.35. The number of nitrogen functional groups attached to an aromatic ring is 1. The van der Waals surface area contributed by atoms with Crippen LogP contribution in [0.15, 0.2) is 23.1 Å². The molecule has 0 saturated heterocycles. The van der Waals surface area contributed by atoms with Crippen molar-refractivity contribution in [2.45, 2.75) is 11.8 Å². The highest BCUT2D eigenvalue weighted by molar-refractivity contribution is 7.90. The lowest BCUT2D eigenvalue weighted by molar-refractivity contribution is -0.119. The van der Waals surface area contributed by atoms with E-state index in [1.54, 1.807) is 24.1 Å². The Kier molecular flexibility index (Phi) is 4.77. The van der Waals surface area contributed by atoms with Crippen molar-refractivity contribution < 1.29 is 13.2 Å². The van der Waals surface area contributed by atoms with E-state index in [0.29, 0.717) is 12.2 Å². The van der Waals surface area contributed by atoms with Crippen LogP contribution in [0.4, 0.5) is 11.4 Å². The predicted molar refractivity (Wildman–Crippen MR) is 75.9 cm³/mol. The Morgan fingerprint density at radius 2 is 2.05 bits per heavy atom. The molecule has 0 radical (unpaired) electrons. The first-order valence-electron chi connectivity index (χ1n) is 5.83. The SMILES string of the molecule is CCNC(=O)CN(C)c1cccc(S(C)(=O)=O)c1N. The summed E-state index contributed by atoms with van der Waals surface area (Å²) in [5.41, 5.74) is 6.55. The van der Waals surface area contributed by atoms with Crippen molar-refractivity contribution in [2.75, 3.05) is 37.0 Å². The quantitative estimate of drug-likeness (QED) is 0.756. The number of anilines is 2. The number of hydrogen-bond donors (Lipinski definition) is 2. The molecule has 0 atom stereocenters. The van der Waals surface area contributed by atoms with E-state index in [9.17, 15) is 13.2 Å². The van der Waals surface area contributed by atoms with Gasteiger partial charge in [-0.3, -0.25) is 4.79 Å². The van der Waals surface area contributed by atoms with Crippen LogP contribution in [0.2, 0.25) is 0 Å². The van der Waals surface area contributed by atoms with Gasteiger partial charge in [0.25, 0.3) is 0 Å². The van der Waals surface area contributed by atoms with Gasteiger partial charge in [0.1, 0.15) is 0 Å². The molecule has 1 aromatic rings. The Balaban J connectivity index is 3.05. The molecule has 0 aromatic heterocycles. The molecule has 0 heterocycles. The minimum atomic E-state index is -3.38. The van der Waals surface area contributed by atoms with E-state index in [4.69, 9.17) is 5.73 Å². The van der Waals surface area contributed by atoms with Crippen molar-refractivity contribution in [2.24, 2.45) is 0 Å². The maximum atomic E-state index is 11.6. The molecule has 0 aliphatic heterocycles. The number of carbonyl (C=O) groups is 1. The van der Waals surface area contributed by atoms with Gasteiger partial charge < -0.3 is 16.0 Å². The van der Waals surface area contributed by atoms with Gasteiger partial charge in [-0.15, -0.1) is 0 Å². The van der Waals surface area contributed by atoms with E-state index >= 15 is 0 Å². The summed E-state index contributed by atoms with van der Waals surface area (Å²) in [5.74, 6) is -0.144. The largest absolute Gasteiger partial charge is 0.396 e. The molecule has 1 amide bonds. The second-order valence-electron chi connectivity index (χ2n) is 4.27. The van der Waals surface area contributed by atoms with Crippen molar-refractivity contribution >= 4 is 27.1 Å². The molecule has 19 heavy (non-hydrogen) atoms. The first-order valence-corrected chi connectivity index (χ1v) is 7.73. The molecule has 0 saturated carbocycles. The average molecular weight is 285 g/mol. The van der Waals surface area contributed by atoms with Crippen LogP contribution >= 0.6 is 0 Å². The average Bonchev–Trinajstić information content (AvgIpc) is 2.27. The van der Waals surface area contributed by atoms with Gasteiger partial charge in [0.2, 0.25) is 5.91 Å². The second-order valence-corrected chi connectivity index (χ2v) is 6.25. The highest BCUT2D eigenvalue weighted by Crippen LogP contribution is 2.28. The normalized spacial score (nSPS) is 11.1. The number of benzene rings is 1. The Morgan fingerprint density at radius 1 is 1.42 bits per heavy atom. The maximum Gasteiger partial charge on any atom is 0.239 e. The number of para-hydroxylation sites is 1. The number of rotatable bonds is 5. The third-order valence-electron chi connectivity index (χ3n) is 2.61. The zero-order valence-corrected chi connectivity index (χ0v) is 12.1. The van der Waals surface area contributed by atoms with Crippen molar-refractivity contribution in [3.05, 3.63) is 18.2 Å². The number of nitrogens with one attached hydrogen (secondary N) is 1. The molecule has 0 aliphatic carbocycles. The molecule has 1 aromatic carbocycles. The Labute approximate surface area is 113 Å². The number of nitrogens with zero attached hydrogens (tertiary/aromatic N) is 1. The molecular weight excluding hydrogens is 266 g/mol. The number of hydrogen-bond acceptors (Lipinski definition) is 5. The van der Waals surface area contributed by atoms with Crippen molar-refractivity contribution in [3.8, 4) is 0 Å². The van der Waals surface area contributed by atoms with E-state index in [2.05, 4.69) is 5.32 Å². The number of sulfone groups is 1. The lowest BCUT2D eigenvalue weighted by atomic mass is 10.2. The van der Waals surface area contributed by atoms with Crippen LogP contribution in [0.1, 0.15) is 6.92 Å². The molecule has 0 fully saturated rings. The summed E-state index contributed by atoms with van der Waals surface area (Å²) < 4.78 is 23.2. The van der Waals surface area contributed by atoms with E-state index in [0.717, 1.165) is 6.26 Å². The number of nitrogens with two attached hydrogens (primary N) is 1. The van der Waals surface area contributed by atoms with Crippen molar-refractivity contribution in [3.63, 3.8) is 0 Å². The van der Waals surface area contributed by atoms with E-state index in [1.807, 2.05) is 6.92 Å². The van der Waals surface area contributed by atoms with Crippen LogP contribution in [0.25, 0.3) is 0 Å². The van der Waals surface area contributed by atoms with E-state index < -0.39 is 9.84 Å². The zero-order valence-electron chi connectivity index (χ0n) is 11.3. The van der Waals surface area contributed by atoms with Crippen LogP contribution < -0.4 is 16.0 Å². The van der Waals surface area contributed by atoms with E-state index in [-0.39, 0.29) is 23.0 Å². The molecule has 1 rings (SSSR count). The van der Waals surface area contributed by atoms with Crippen molar-refractivity contribution in [1.82, 2.24) is 5.32 Å². The summed E-state index contributed by atoms with van der Waals surface area (Å²) in [5, 5.41) is 2.67. The second kappa shape index (κ2) is 5.92. The minimum Gasteiger partial charge on any atom is -0.396 e. The molecule has 0 bridgehead atoms.